The number of methoxy groups -OCH3 is 2. The Labute approximate surface area is 105 Å². The van der Waals surface area contributed by atoms with Crippen LogP contribution in [0, 0.1) is 0 Å². The fourth-order valence-corrected chi connectivity index (χ4v) is 2.04. The zero-order valence-corrected chi connectivity index (χ0v) is 10.8. The van der Waals surface area contributed by atoms with Crippen molar-refractivity contribution in [3.8, 4) is 11.5 Å². The Morgan fingerprint density at radius 3 is 2.47 bits per heavy atom. The van der Waals surface area contributed by atoms with Crippen LogP contribution in [0.4, 0.5) is 0 Å². The number of hydrogen-bond donors (Lipinski definition) is 1. The van der Waals surface area contributed by atoms with Crippen LogP contribution in [0.1, 0.15) is 29.3 Å². The molecule has 0 spiro atoms. The molecule has 17 heavy (non-hydrogen) atoms. The average molecular weight is 259 g/mol. The Bertz CT molecular complexity index is 429. The van der Waals surface area contributed by atoms with Gasteiger partial charge < -0.3 is 14.6 Å². The third kappa shape index (κ3) is 2.64. The van der Waals surface area contributed by atoms with Crippen molar-refractivity contribution in [3.63, 3.8) is 0 Å². The number of rotatable bonds is 5. The molecule has 0 radical (unpaired) electrons. The Balaban J connectivity index is 3.49. The summed E-state index contributed by atoms with van der Waals surface area (Å²) in [5.41, 5.74) is 0.744. The first kappa shape index (κ1) is 13.6. The average Bonchev–Trinajstić information content (AvgIpc) is 2.30. The van der Waals surface area contributed by atoms with E-state index >= 15 is 0 Å². The van der Waals surface area contributed by atoms with E-state index in [-0.39, 0.29) is 5.56 Å². The standard InChI is InChI=1S/C12H15ClO4/c1-4-5-7-8(12(14)15)6-9(16-2)11(17-3)10(7)13/h6H,4-5H2,1-3H3,(H,14,15). The lowest BCUT2D eigenvalue weighted by atomic mass is 10.0. The van der Waals surface area contributed by atoms with Crippen molar-refractivity contribution in [3.05, 3.63) is 22.2 Å². The number of benzene rings is 1. The molecular weight excluding hydrogens is 244 g/mol. The largest absolute Gasteiger partial charge is 0.493 e. The Morgan fingerprint density at radius 2 is 2.06 bits per heavy atom. The molecule has 1 N–H and O–H groups in total. The summed E-state index contributed by atoms with van der Waals surface area (Å²) in [6.07, 6.45) is 1.39. The molecule has 1 rings (SSSR count). The van der Waals surface area contributed by atoms with Crippen LogP contribution < -0.4 is 9.47 Å². The van der Waals surface area contributed by atoms with E-state index in [2.05, 4.69) is 0 Å². The number of carboxylic acids is 1. The number of halogens is 1. The number of hydrogen-bond acceptors (Lipinski definition) is 3. The minimum atomic E-state index is -1.02. The topological polar surface area (TPSA) is 55.8 Å². The third-order valence-electron chi connectivity index (χ3n) is 2.44. The van der Waals surface area contributed by atoms with Crippen LogP contribution in [0.3, 0.4) is 0 Å². The van der Waals surface area contributed by atoms with E-state index in [4.69, 9.17) is 26.2 Å². The summed E-state index contributed by atoms with van der Waals surface area (Å²) in [6.45, 7) is 1.96. The number of ether oxygens (including phenoxy) is 2. The van der Waals surface area contributed by atoms with Crippen molar-refractivity contribution in [2.24, 2.45) is 0 Å². The van der Waals surface area contributed by atoms with Gasteiger partial charge in [0.15, 0.2) is 11.5 Å². The smallest absolute Gasteiger partial charge is 0.336 e. The van der Waals surface area contributed by atoms with Crippen LogP contribution in [0.5, 0.6) is 11.5 Å². The van der Waals surface area contributed by atoms with Crippen molar-refractivity contribution in [1.82, 2.24) is 0 Å². The predicted octanol–water partition coefficient (Wildman–Crippen LogP) is 3.01. The van der Waals surface area contributed by atoms with E-state index in [1.165, 1.54) is 20.3 Å². The summed E-state index contributed by atoms with van der Waals surface area (Å²) < 4.78 is 10.2. The molecule has 0 heterocycles. The molecule has 1 aromatic rings. The Kier molecular flexibility index (Phi) is 4.63. The van der Waals surface area contributed by atoms with E-state index in [0.717, 1.165) is 6.42 Å². The Morgan fingerprint density at radius 1 is 1.41 bits per heavy atom. The second-order valence-electron chi connectivity index (χ2n) is 3.51. The van der Waals surface area contributed by atoms with Crippen LogP contribution in [0.2, 0.25) is 5.02 Å². The summed E-state index contributed by atoms with van der Waals surface area (Å²) in [5, 5.41) is 9.46. The molecule has 1 aromatic carbocycles. The summed E-state index contributed by atoms with van der Waals surface area (Å²) >= 11 is 6.15. The van der Waals surface area contributed by atoms with Crippen molar-refractivity contribution < 1.29 is 19.4 Å². The molecule has 5 heteroatoms. The van der Waals surface area contributed by atoms with Gasteiger partial charge in [-0.05, 0) is 18.1 Å². The minimum Gasteiger partial charge on any atom is -0.493 e. The molecule has 0 aliphatic heterocycles. The van der Waals surface area contributed by atoms with Crippen molar-refractivity contribution >= 4 is 17.6 Å². The number of aromatic carboxylic acids is 1. The van der Waals surface area contributed by atoms with E-state index in [1.807, 2.05) is 6.92 Å². The molecule has 94 valence electrons. The first-order valence-corrected chi connectivity index (χ1v) is 5.61. The number of carboxylic acid groups (broad SMARTS) is 1. The first-order chi connectivity index (χ1) is 8.06. The quantitative estimate of drug-likeness (QED) is 0.882. The van der Waals surface area contributed by atoms with Crippen molar-refractivity contribution in [1.29, 1.82) is 0 Å². The highest BCUT2D eigenvalue weighted by Crippen LogP contribution is 2.40. The van der Waals surface area contributed by atoms with Gasteiger partial charge in [0.2, 0.25) is 0 Å². The molecule has 0 unspecified atom stereocenters. The fourth-order valence-electron chi connectivity index (χ4n) is 1.67. The van der Waals surface area contributed by atoms with Crippen LogP contribution >= 0.6 is 11.6 Å². The molecule has 0 saturated carbocycles. The molecule has 0 atom stereocenters. The molecule has 0 amide bonds. The second-order valence-corrected chi connectivity index (χ2v) is 3.89. The summed E-state index contributed by atoms with van der Waals surface area (Å²) in [5.74, 6) is -0.311. The van der Waals surface area contributed by atoms with Gasteiger partial charge >= 0.3 is 5.97 Å². The number of carbonyl (C=O) groups is 1. The van der Waals surface area contributed by atoms with Gasteiger partial charge in [0.25, 0.3) is 0 Å². The maximum Gasteiger partial charge on any atom is 0.336 e. The van der Waals surface area contributed by atoms with E-state index in [1.54, 1.807) is 0 Å². The normalized spacial score (nSPS) is 10.1. The fraction of sp³-hybridized carbons (Fsp3) is 0.417. The summed E-state index contributed by atoms with van der Waals surface area (Å²) in [4.78, 5) is 11.2. The highest BCUT2D eigenvalue weighted by atomic mass is 35.5. The second kappa shape index (κ2) is 5.77. The van der Waals surface area contributed by atoms with E-state index in [9.17, 15) is 4.79 Å². The SMILES string of the molecule is CCCc1c(C(=O)O)cc(OC)c(OC)c1Cl. The van der Waals surface area contributed by atoms with Gasteiger partial charge in [-0.1, -0.05) is 24.9 Å². The van der Waals surface area contributed by atoms with Crippen LogP contribution in [0.15, 0.2) is 6.07 Å². The maximum atomic E-state index is 11.2. The van der Waals surface area contributed by atoms with Gasteiger partial charge in [0.05, 0.1) is 24.8 Å². The highest BCUT2D eigenvalue weighted by Gasteiger charge is 2.21. The van der Waals surface area contributed by atoms with Crippen molar-refractivity contribution in [2.75, 3.05) is 14.2 Å². The van der Waals surface area contributed by atoms with Gasteiger partial charge in [-0.25, -0.2) is 4.79 Å². The minimum absolute atomic E-state index is 0.162. The van der Waals surface area contributed by atoms with Gasteiger partial charge in [0.1, 0.15) is 0 Å². The van der Waals surface area contributed by atoms with Gasteiger partial charge in [-0.15, -0.1) is 0 Å². The molecule has 4 nitrogen and oxygen atoms in total. The molecule has 0 saturated heterocycles. The molecule has 0 aromatic heterocycles. The zero-order chi connectivity index (χ0) is 13.0. The Hall–Kier alpha value is -1.42. The molecule has 0 aliphatic rings. The van der Waals surface area contributed by atoms with Gasteiger partial charge in [-0.2, -0.15) is 0 Å². The van der Waals surface area contributed by atoms with Crippen LogP contribution in [0.25, 0.3) is 0 Å². The van der Waals surface area contributed by atoms with Crippen LogP contribution in [-0.4, -0.2) is 25.3 Å². The first-order valence-electron chi connectivity index (χ1n) is 5.23. The van der Waals surface area contributed by atoms with Gasteiger partial charge in [-0.3, -0.25) is 0 Å². The summed E-state index contributed by atoms with van der Waals surface area (Å²) in [7, 11) is 2.92. The summed E-state index contributed by atoms with van der Waals surface area (Å²) in [6, 6.07) is 1.44. The molecular formula is C12H15ClO4. The van der Waals surface area contributed by atoms with E-state index < -0.39 is 5.97 Å². The monoisotopic (exact) mass is 258 g/mol. The lowest BCUT2D eigenvalue weighted by molar-refractivity contribution is 0.0695. The van der Waals surface area contributed by atoms with E-state index in [0.29, 0.717) is 28.5 Å². The molecule has 0 bridgehead atoms. The zero-order valence-electron chi connectivity index (χ0n) is 10.0. The maximum absolute atomic E-state index is 11.2. The van der Waals surface area contributed by atoms with Crippen molar-refractivity contribution in [2.45, 2.75) is 19.8 Å². The molecule has 0 fully saturated rings. The highest BCUT2D eigenvalue weighted by molar-refractivity contribution is 6.33. The molecule has 0 aliphatic carbocycles. The van der Waals surface area contributed by atoms with Gasteiger partial charge in [0, 0.05) is 0 Å². The van der Waals surface area contributed by atoms with Crippen LogP contribution in [-0.2, 0) is 6.42 Å². The lowest BCUT2D eigenvalue weighted by Crippen LogP contribution is -2.06. The lowest BCUT2D eigenvalue weighted by Gasteiger charge is -2.15. The predicted molar refractivity (Wildman–Crippen MR) is 65.5 cm³/mol. The third-order valence-corrected chi connectivity index (χ3v) is 2.84.